The first-order valence-electron chi connectivity index (χ1n) is 6.33. The highest BCUT2D eigenvalue weighted by atomic mass is 16.5. The molecular formula is C13H22O3. The molecule has 0 radical (unpaired) electrons. The van der Waals surface area contributed by atoms with Crippen LogP contribution in [0.3, 0.4) is 0 Å². The normalized spacial score (nSPS) is 25.5. The van der Waals surface area contributed by atoms with Crippen LogP contribution in [0.1, 0.15) is 58.8 Å². The van der Waals surface area contributed by atoms with Gasteiger partial charge in [0.2, 0.25) is 0 Å². The maximum Gasteiger partial charge on any atom is 0.306 e. The third kappa shape index (κ3) is 3.06. The minimum absolute atomic E-state index is 0.216. The van der Waals surface area contributed by atoms with Gasteiger partial charge in [-0.25, -0.2) is 0 Å². The Labute approximate surface area is 97.5 Å². The monoisotopic (exact) mass is 226 g/mol. The van der Waals surface area contributed by atoms with Crippen molar-refractivity contribution in [3.63, 3.8) is 0 Å². The highest BCUT2D eigenvalue weighted by Crippen LogP contribution is 2.40. The summed E-state index contributed by atoms with van der Waals surface area (Å²) >= 11 is 0. The SMILES string of the molecule is CCC[C@]1(CC(=O)OCC)CCCCC1=O. The standard InChI is InChI=1S/C13H22O3/c1-3-8-13(10-12(15)16-4-2)9-6-5-7-11(13)14/h3-10H2,1-2H3/t13-/m1/s1. The Hall–Kier alpha value is -0.860. The van der Waals surface area contributed by atoms with Crippen molar-refractivity contribution in [2.24, 2.45) is 5.41 Å². The van der Waals surface area contributed by atoms with E-state index in [-0.39, 0.29) is 18.2 Å². The Bertz CT molecular complexity index is 256. The van der Waals surface area contributed by atoms with Gasteiger partial charge in [-0.05, 0) is 26.2 Å². The zero-order chi connectivity index (χ0) is 12.0. The van der Waals surface area contributed by atoms with Crippen LogP contribution in [0.2, 0.25) is 0 Å². The highest BCUT2D eigenvalue weighted by molar-refractivity contribution is 5.89. The summed E-state index contributed by atoms with van der Waals surface area (Å²) in [6, 6.07) is 0. The molecule has 0 spiro atoms. The molecular weight excluding hydrogens is 204 g/mol. The van der Waals surface area contributed by atoms with E-state index in [1.165, 1.54) is 0 Å². The van der Waals surface area contributed by atoms with E-state index >= 15 is 0 Å². The molecule has 1 saturated carbocycles. The third-order valence-electron chi connectivity index (χ3n) is 3.42. The van der Waals surface area contributed by atoms with Gasteiger partial charge < -0.3 is 4.74 Å². The maximum absolute atomic E-state index is 12.0. The van der Waals surface area contributed by atoms with E-state index in [2.05, 4.69) is 6.92 Å². The van der Waals surface area contributed by atoms with Crippen molar-refractivity contribution in [3.8, 4) is 0 Å². The molecule has 0 N–H and O–H groups in total. The fourth-order valence-corrected chi connectivity index (χ4v) is 2.66. The Balaban J connectivity index is 2.70. The van der Waals surface area contributed by atoms with Gasteiger partial charge in [-0.1, -0.05) is 19.8 Å². The van der Waals surface area contributed by atoms with Gasteiger partial charge in [-0.3, -0.25) is 9.59 Å². The Morgan fingerprint density at radius 3 is 2.69 bits per heavy atom. The summed E-state index contributed by atoms with van der Waals surface area (Å²) in [6.07, 6.45) is 5.60. The zero-order valence-electron chi connectivity index (χ0n) is 10.4. The van der Waals surface area contributed by atoms with Crippen LogP contribution in [-0.4, -0.2) is 18.4 Å². The maximum atomic E-state index is 12.0. The topological polar surface area (TPSA) is 43.4 Å². The second-order valence-electron chi connectivity index (χ2n) is 4.64. The fraction of sp³-hybridized carbons (Fsp3) is 0.846. The van der Waals surface area contributed by atoms with Crippen LogP contribution >= 0.6 is 0 Å². The van der Waals surface area contributed by atoms with E-state index < -0.39 is 5.41 Å². The number of rotatable bonds is 5. The molecule has 1 atom stereocenters. The lowest BCUT2D eigenvalue weighted by molar-refractivity contribution is -0.151. The zero-order valence-corrected chi connectivity index (χ0v) is 10.4. The van der Waals surface area contributed by atoms with Gasteiger partial charge >= 0.3 is 5.97 Å². The number of carbonyl (C=O) groups excluding carboxylic acids is 2. The highest BCUT2D eigenvalue weighted by Gasteiger charge is 2.40. The quantitative estimate of drug-likeness (QED) is 0.677. The Morgan fingerprint density at radius 1 is 1.38 bits per heavy atom. The first kappa shape index (κ1) is 13.2. The largest absolute Gasteiger partial charge is 0.466 e. The summed E-state index contributed by atoms with van der Waals surface area (Å²) in [6.45, 7) is 4.26. The third-order valence-corrected chi connectivity index (χ3v) is 3.42. The number of ether oxygens (including phenoxy) is 1. The van der Waals surface area contributed by atoms with Crippen LogP contribution in [0.25, 0.3) is 0 Å². The van der Waals surface area contributed by atoms with Crippen molar-refractivity contribution < 1.29 is 14.3 Å². The average Bonchev–Trinajstić information content (AvgIpc) is 2.23. The van der Waals surface area contributed by atoms with Gasteiger partial charge in [0.15, 0.2) is 0 Å². The van der Waals surface area contributed by atoms with Gasteiger partial charge in [0.1, 0.15) is 5.78 Å². The van der Waals surface area contributed by atoms with Gasteiger partial charge in [0.25, 0.3) is 0 Å². The van der Waals surface area contributed by atoms with Gasteiger partial charge in [0, 0.05) is 11.8 Å². The molecule has 0 amide bonds. The summed E-state index contributed by atoms with van der Waals surface area (Å²) < 4.78 is 4.97. The number of carbonyl (C=O) groups is 2. The summed E-state index contributed by atoms with van der Waals surface area (Å²) in [5.74, 6) is 0.0554. The van der Waals surface area contributed by atoms with Crippen LogP contribution in [-0.2, 0) is 14.3 Å². The molecule has 92 valence electrons. The molecule has 1 fully saturated rings. The molecule has 1 aliphatic rings. The summed E-state index contributed by atoms with van der Waals surface area (Å²) in [5, 5.41) is 0. The first-order chi connectivity index (χ1) is 7.64. The van der Waals surface area contributed by atoms with Crippen molar-refractivity contribution >= 4 is 11.8 Å². The fourth-order valence-electron chi connectivity index (χ4n) is 2.66. The van der Waals surface area contributed by atoms with Crippen LogP contribution in [0, 0.1) is 5.41 Å². The number of hydrogen-bond donors (Lipinski definition) is 0. The second kappa shape index (κ2) is 6.02. The summed E-state index contributed by atoms with van der Waals surface area (Å²) in [4.78, 5) is 23.6. The average molecular weight is 226 g/mol. The summed E-state index contributed by atoms with van der Waals surface area (Å²) in [7, 11) is 0. The molecule has 0 aliphatic heterocycles. The lowest BCUT2D eigenvalue weighted by Crippen LogP contribution is -2.36. The lowest BCUT2D eigenvalue weighted by Gasteiger charge is -2.34. The lowest BCUT2D eigenvalue weighted by atomic mass is 9.68. The minimum Gasteiger partial charge on any atom is -0.466 e. The molecule has 1 aliphatic carbocycles. The van der Waals surface area contributed by atoms with Crippen LogP contribution < -0.4 is 0 Å². The van der Waals surface area contributed by atoms with Crippen LogP contribution in [0.4, 0.5) is 0 Å². The molecule has 3 nitrogen and oxygen atoms in total. The number of Topliss-reactive ketones (excluding diaryl/α,β-unsaturated/α-hetero) is 1. The first-order valence-corrected chi connectivity index (χ1v) is 6.33. The van der Waals surface area contributed by atoms with Crippen molar-refractivity contribution in [3.05, 3.63) is 0 Å². The molecule has 0 aromatic carbocycles. The predicted molar refractivity (Wildman–Crippen MR) is 62.1 cm³/mol. The molecule has 0 heterocycles. The molecule has 0 saturated heterocycles. The van der Waals surface area contributed by atoms with Gasteiger partial charge in [-0.2, -0.15) is 0 Å². The van der Waals surface area contributed by atoms with E-state index in [1.54, 1.807) is 6.92 Å². The van der Waals surface area contributed by atoms with E-state index in [9.17, 15) is 9.59 Å². The second-order valence-corrected chi connectivity index (χ2v) is 4.64. The van der Waals surface area contributed by atoms with Crippen molar-refractivity contribution in [2.45, 2.75) is 58.8 Å². The predicted octanol–water partition coefficient (Wildman–Crippen LogP) is 2.87. The summed E-state index contributed by atoms with van der Waals surface area (Å²) in [5.41, 5.74) is -0.404. The van der Waals surface area contributed by atoms with Crippen LogP contribution in [0.15, 0.2) is 0 Å². The van der Waals surface area contributed by atoms with E-state index in [0.29, 0.717) is 13.0 Å². The van der Waals surface area contributed by atoms with Gasteiger partial charge in [0.05, 0.1) is 13.0 Å². The Kier molecular flexibility index (Phi) is 4.97. The molecule has 0 unspecified atom stereocenters. The number of hydrogen-bond acceptors (Lipinski definition) is 3. The molecule has 16 heavy (non-hydrogen) atoms. The molecule has 1 rings (SSSR count). The van der Waals surface area contributed by atoms with Crippen molar-refractivity contribution in [2.75, 3.05) is 6.61 Å². The van der Waals surface area contributed by atoms with E-state index in [1.807, 2.05) is 0 Å². The molecule has 0 bridgehead atoms. The number of esters is 1. The van der Waals surface area contributed by atoms with Crippen molar-refractivity contribution in [1.29, 1.82) is 0 Å². The Morgan fingerprint density at radius 2 is 2.12 bits per heavy atom. The number of ketones is 1. The smallest absolute Gasteiger partial charge is 0.306 e. The van der Waals surface area contributed by atoms with Gasteiger partial charge in [-0.15, -0.1) is 0 Å². The van der Waals surface area contributed by atoms with E-state index in [0.717, 1.165) is 32.1 Å². The van der Waals surface area contributed by atoms with E-state index in [4.69, 9.17) is 4.74 Å². The van der Waals surface area contributed by atoms with Crippen molar-refractivity contribution in [1.82, 2.24) is 0 Å². The minimum atomic E-state index is -0.404. The molecule has 3 heteroatoms. The molecule has 0 aromatic heterocycles. The van der Waals surface area contributed by atoms with Crippen LogP contribution in [0.5, 0.6) is 0 Å². The molecule has 0 aromatic rings.